The minimum atomic E-state index is -0.872. The van der Waals surface area contributed by atoms with Gasteiger partial charge in [0.15, 0.2) is 17.5 Å². The monoisotopic (exact) mass is 280 g/mol. The SMILES string of the molecule is CCOc1cccc(Oc2nc(NC)c(F)cc2F)c1. The number of pyridine rings is 1. The van der Waals surface area contributed by atoms with Crippen molar-refractivity contribution in [3.05, 3.63) is 42.0 Å². The van der Waals surface area contributed by atoms with Gasteiger partial charge >= 0.3 is 0 Å². The molecule has 1 N–H and O–H groups in total. The zero-order valence-corrected chi connectivity index (χ0v) is 11.1. The molecule has 2 aromatic rings. The van der Waals surface area contributed by atoms with Crippen molar-refractivity contribution < 1.29 is 18.3 Å². The number of halogens is 2. The summed E-state index contributed by atoms with van der Waals surface area (Å²) >= 11 is 0. The minimum Gasteiger partial charge on any atom is -0.494 e. The molecular formula is C14H14F2N2O2. The van der Waals surface area contributed by atoms with Crippen LogP contribution in [-0.2, 0) is 0 Å². The Bertz CT molecular complexity index is 606. The van der Waals surface area contributed by atoms with E-state index >= 15 is 0 Å². The molecule has 0 unspecified atom stereocenters. The first kappa shape index (κ1) is 14.0. The maximum atomic E-state index is 13.6. The fourth-order valence-corrected chi connectivity index (χ4v) is 1.60. The molecule has 0 saturated carbocycles. The lowest BCUT2D eigenvalue weighted by atomic mass is 10.3. The molecule has 0 saturated heterocycles. The summed E-state index contributed by atoms with van der Waals surface area (Å²) < 4.78 is 37.5. The number of anilines is 1. The molecule has 0 radical (unpaired) electrons. The van der Waals surface area contributed by atoms with Gasteiger partial charge in [-0.3, -0.25) is 0 Å². The molecule has 0 amide bonds. The van der Waals surface area contributed by atoms with Gasteiger partial charge in [0.1, 0.15) is 11.5 Å². The molecule has 20 heavy (non-hydrogen) atoms. The van der Waals surface area contributed by atoms with Gasteiger partial charge in [-0.25, -0.2) is 8.78 Å². The van der Waals surface area contributed by atoms with E-state index in [9.17, 15) is 8.78 Å². The molecule has 1 aromatic carbocycles. The molecule has 6 heteroatoms. The normalized spacial score (nSPS) is 10.2. The number of aromatic nitrogens is 1. The molecule has 0 aliphatic heterocycles. The van der Waals surface area contributed by atoms with Crippen molar-refractivity contribution in [3.8, 4) is 17.4 Å². The third-order valence-corrected chi connectivity index (χ3v) is 2.47. The molecule has 0 bridgehead atoms. The van der Waals surface area contributed by atoms with Crippen LogP contribution in [0.4, 0.5) is 14.6 Å². The Morgan fingerprint density at radius 1 is 1.15 bits per heavy atom. The average Bonchev–Trinajstić information content (AvgIpc) is 2.43. The fraction of sp³-hybridized carbons (Fsp3) is 0.214. The van der Waals surface area contributed by atoms with Crippen molar-refractivity contribution >= 4 is 5.82 Å². The lowest BCUT2D eigenvalue weighted by molar-refractivity contribution is 0.337. The number of ether oxygens (including phenoxy) is 2. The summed E-state index contributed by atoms with van der Waals surface area (Å²) in [4.78, 5) is 3.74. The number of rotatable bonds is 5. The molecule has 0 atom stereocenters. The first-order valence-corrected chi connectivity index (χ1v) is 6.08. The molecule has 0 spiro atoms. The highest BCUT2D eigenvalue weighted by Crippen LogP contribution is 2.28. The van der Waals surface area contributed by atoms with Crippen LogP contribution in [-0.4, -0.2) is 18.6 Å². The summed E-state index contributed by atoms with van der Waals surface area (Å²) in [5.41, 5.74) is 0. The number of hydrogen-bond donors (Lipinski definition) is 1. The van der Waals surface area contributed by atoms with Crippen LogP contribution in [0.2, 0.25) is 0 Å². The maximum absolute atomic E-state index is 13.6. The summed E-state index contributed by atoms with van der Waals surface area (Å²) in [7, 11) is 1.49. The van der Waals surface area contributed by atoms with E-state index < -0.39 is 11.6 Å². The quantitative estimate of drug-likeness (QED) is 0.909. The molecule has 2 rings (SSSR count). The first-order chi connectivity index (χ1) is 9.63. The molecule has 106 valence electrons. The Morgan fingerprint density at radius 3 is 2.60 bits per heavy atom. The zero-order chi connectivity index (χ0) is 14.5. The van der Waals surface area contributed by atoms with Gasteiger partial charge in [0.05, 0.1) is 6.61 Å². The van der Waals surface area contributed by atoms with E-state index in [1.807, 2.05) is 6.92 Å². The van der Waals surface area contributed by atoms with Crippen LogP contribution < -0.4 is 14.8 Å². The summed E-state index contributed by atoms with van der Waals surface area (Å²) in [5.74, 6) is -1.08. The Kier molecular flexibility index (Phi) is 4.34. The number of hydrogen-bond acceptors (Lipinski definition) is 4. The first-order valence-electron chi connectivity index (χ1n) is 6.08. The Morgan fingerprint density at radius 2 is 1.90 bits per heavy atom. The van der Waals surface area contributed by atoms with Crippen LogP contribution in [0.3, 0.4) is 0 Å². The van der Waals surface area contributed by atoms with Gasteiger partial charge in [0, 0.05) is 19.2 Å². The molecule has 4 nitrogen and oxygen atoms in total. The lowest BCUT2D eigenvalue weighted by Crippen LogP contribution is -2.01. The van der Waals surface area contributed by atoms with Crippen molar-refractivity contribution in [1.82, 2.24) is 4.98 Å². The average molecular weight is 280 g/mol. The highest BCUT2D eigenvalue weighted by molar-refractivity contribution is 5.41. The van der Waals surface area contributed by atoms with E-state index in [1.54, 1.807) is 24.3 Å². The van der Waals surface area contributed by atoms with E-state index in [4.69, 9.17) is 9.47 Å². The zero-order valence-electron chi connectivity index (χ0n) is 11.1. The van der Waals surface area contributed by atoms with Crippen LogP contribution in [0.25, 0.3) is 0 Å². The van der Waals surface area contributed by atoms with Crippen molar-refractivity contribution in [2.24, 2.45) is 0 Å². The second kappa shape index (κ2) is 6.18. The predicted molar refractivity (Wildman–Crippen MR) is 71.4 cm³/mol. The molecule has 1 aromatic heterocycles. The van der Waals surface area contributed by atoms with Crippen molar-refractivity contribution in [1.29, 1.82) is 0 Å². The number of nitrogens with one attached hydrogen (secondary N) is 1. The molecule has 0 fully saturated rings. The Labute approximate surface area is 115 Å². The largest absolute Gasteiger partial charge is 0.494 e. The van der Waals surface area contributed by atoms with E-state index in [2.05, 4.69) is 10.3 Å². The second-order valence-corrected chi connectivity index (χ2v) is 3.87. The van der Waals surface area contributed by atoms with Crippen molar-refractivity contribution in [3.63, 3.8) is 0 Å². The second-order valence-electron chi connectivity index (χ2n) is 3.87. The van der Waals surface area contributed by atoms with Gasteiger partial charge in [0.25, 0.3) is 5.88 Å². The van der Waals surface area contributed by atoms with Gasteiger partial charge in [-0.15, -0.1) is 0 Å². The van der Waals surface area contributed by atoms with Gasteiger partial charge in [-0.2, -0.15) is 4.98 Å². The Balaban J connectivity index is 2.27. The molecule has 1 heterocycles. The van der Waals surface area contributed by atoms with Crippen LogP contribution >= 0.6 is 0 Å². The van der Waals surface area contributed by atoms with Crippen LogP contribution in [0.15, 0.2) is 30.3 Å². The van der Waals surface area contributed by atoms with Gasteiger partial charge in [0.2, 0.25) is 0 Å². The van der Waals surface area contributed by atoms with Crippen molar-refractivity contribution in [2.75, 3.05) is 19.0 Å². The molecular weight excluding hydrogens is 266 g/mol. The van der Waals surface area contributed by atoms with Crippen LogP contribution in [0.5, 0.6) is 17.4 Å². The number of benzene rings is 1. The predicted octanol–water partition coefficient (Wildman–Crippen LogP) is 3.59. The topological polar surface area (TPSA) is 43.4 Å². The van der Waals surface area contributed by atoms with Crippen molar-refractivity contribution in [2.45, 2.75) is 6.92 Å². The summed E-state index contributed by atoms with van der Waals surface area (Å²) in [6.45, 7) is 2.37. The summed E-state index contributed by atoms with van der Waals surface area (Å²) in [6, 6.07) is 7.42. The highest BCUT2D eigenvalue weighted by atomic mass is 19.1. The Hall–Kier alpha value is -2.37. The molecule has 0 aliphatic carbocycles. The van der Waals surface area contributed by atoms with Gasteiger partial charge in [-0.05, 0) is 19.1 Å². The third kappa shape index (κ3) is 3.14. The van der Waals surface area contributed by atoms with E-state index in [-0.39, 0.29) is 11.7 Å². The fourth-order valence-electron chi connectivity index (χ4n) is 1.60. The van der Waals surface area contributed by atoms with Crippen LogP contribution in [0.1, 0.15) is 6.92 Å². The third-order valence-electron chi connectivity index (χ3n) is 2.47. The van der Waals surface area contributed by atoms with Gasteiger partial charge < -0.3 is 14.8 Å². The lowest BCUT2D eigenvalue weighted by Gasteiger charge is -2.09. The summed E-state index contributed by atoms with van der Waals surface area (Å²) in [6.07, 6.45) is 0. The number of nitrogens with zero attached hydrogens (tertiary/aromatic N) is 1. The summed E-state index contributed by atoms with van der Waals surface area (Å²) in [5, 5.41) is 2.52. The highest BCUT2D eigenvalue weighted by Gasteiger charge is 2.13. The smallest absolute Gasteiger partial charge is 0.258 e. The van der Waals surface area contributed by atoms with E-state index in [1.165, 1.54) is 7.05 Å². The minimum absolute atomic E-state index is 0.0811. The maximum Gasteiger partial charge on any atom is 0.258 e. The molecule has 0 aliphatic rings. The van der Waals surface area contributed by atoms with E-state index in [0.717, 1.165) is 6.07 Å². The van der Waals surface area contributed by atoms with Gasteiger partial charge in [-0.1, -0.05) is 6.07 Å². The van der Waals surface area contributed by atoms with E-state index in [0.29, 0.717) is 18.1 Å². The van der Waals surface area contributed by atoms with Crippen LogP contribution in [0, 0.1) is 11.6 Å². The standard InChI is InChI=1S/C14H14F2N2O2/c1-3-19-9-5-4-6-10(7-9)20-14-12(16)8-11(15)13(17-2)18-14/h4-8H,3H2,1-2H3,(H,17,18).